The third-order valence-electron chi connectivity index (χ3n) is 2.29. The molecule has 98 valence electrons. The van der Waals surface area contributed by atoms with Gasteiger partial charge in [0, 0.05) is 15.7 Å². The highest BCUT2D eigenvalue weighted by Crippen LogP contribution is 2.22. The molecular formula is C11H14BrN3O3. The molecule has 1 aromatic carbocycles. The molecule has 0 radical (unpaired) electrons. The number of hydrogen-bond acceptors (Lipinski definition) is 4. The van der Waals surface area contributed by atoms with Crippen LogP contribution >= 0.6 is 15.9 Å². The summed E-state index contributed by atoms with van der Waals surface area (Å²) in [5, 5.41) is 2.60. The summed E-state index contributed by atoms with van der Waals surface area (Å²) >= 11 is 3.27. The molecule has 0 unspecified atom stereocenters. The molecule has 0 fully saturated rings. The topological polar surface area (TPSA) is 107 Å². The number of rotatable bonds is 4. The number of carbonyl (C=O) groups is 2. The van der Waals surface area contributed by atoms with Crippen LogP contribution in [0.15, 0.2) is 16.6 Å². The number of nitrogen functional groups attached to an aromatic ring is 1. The maximum atomic E-state index is 11.9. The van der Waals surface area contributed by atoms with Crippen molar-refractivity contribution in [3.63, 3.8) is 0 Å². The molecule has 0 saturated carbocycles. The Bertz CT molecular complexity index is 477. The average Bonchev–Trinajstić information content (AvgIpc) is 2.28. The van der Waals surface area contributed by atoms with Gasteiger partial charge in [0.1, 0.15) is 6.61 Å². The van der Waals surface area contributed by atoms with Gasteiger partial charge >= 0.3 is 6.09 Å². The Morgan fingerprint density at radius 3 is 2.72 bits per heavy atom. The number of primary amides is 1. The summed E-state index contributed by atoms with van der Waals surface area (Å²) in [6.07, 6.45) is -0.868. The van der Waals surface area contributed by atoms with Crippen LogP contribution < -0.4 is 16.8 Å². The maximum Gasteiger partial charge on any atom is 0.404 e. The number of benzene rings is 1. The number of amides is 2. The highest BCUT2D eigenvalue weighted by atomic mass is 79.9. The summed E-state index contributed by atoms with van der Waals surface area (Å²) in [5.41, 5.74) is 12.2. The van der Waals surface area contributed by atoms with Gasteiger partial charge < -0.3 is 21.5 Å². The normalized spacial score (nSPS) is 9.89. The van der Waals surface area contributed by atoms with Crippen LogP contribution in [-0.4, -0.2) is 25.2 Å². The van der Waals surface area contributed by atoms with Crippen LogP contribution in [0, 0.1) is 6.92 Å². The van der Waals surface area contributed by atoms with Crippen molar-refractivity contribution >= 4 is 33.6 Å². The molecule has 0 aromatic heterocycles. The van der Waals surface area contributed by atoms with E-state index in [4.69, 9.17) is 11.5 Å². The lowest BCUT2D eigenvalue weighted by Gasteiger charge is -2.10. The van der Waals surface area contributed by atoms with Gasteiger partial charge in [-0.1, -0.05) is 15.9 Å². The second-order valence-electron chi connectivity index (χ2n) is 3.59. The van der Waals surface area contributed by atoms with E-state index in [-0.39, 0.29) is 19.1 Å². The fourth-order valence-corrected chi connectivity index (χ4v) is 1.82. The van der Waals surface area contributed by atoms with Crippen molar-refractivity contribution in [1.29, 1.82) is 0 Å². The van der Waals surface area contributed by atoms with Gasteiger partial charge in [-0.3, -0.25) is 4.79 Å². The van der Waals surface area contributed by atoms with E-state index in [1.807, 2.05) is 0 Å². The van der Waals surface area contributed by atoms with Gasteiger partial charge in [0.15, 0.2) is 0 Å². The van der Waals surface area contributed by atoms with E-state index in [0.29, 0.717) is 16.8 Å². The first-order valence-electron chi connectivity index (χ1n) is 5.18. The molecule has 0 aliphatic heterocycles. The molecule has 6 nitrogen and oxygen atoms in total. The number of ether oxygens (including phenoxy) is 1. The minimum absolute atomic E-state index is 0.0314. The van der Waals surface area contributed by atoms with E-state index < -0.39 is 6.09 Å². The van der Waals surface area contributed by atoms with Crippen molar-refractivity contribution in [2.45, 2.75) is 6.92 Å². The Balaban J connectivity index is 2.64. The van der Waals surface area contributed by atoms with E-state index >= 15 is 0 Å². The summed E-state index contributed by atoms with van der Waals surface area (Å²) in [5.74, 6) is -0.284. The zero-order chi connectivity index (χ0) is 13.7. The van der Waals surface area contributed by atoms with E-state index in [2.05, 4.69) is 26.0 Å². The molecule has 0 spiro atoms. The van der Waals surface area contributed by atoms with Gasteiger partial charge in [0.2, 0.25) is 0 Å². The first-order chi connectivity index (χ1) is 8.41. The number of nitrogens with one attached hydrogen (secondary N) is 1. The number of hydrogen-bond donors (Lipinski definition) is 3. The van der Waals surface area contributed by atoms with Crippen LogP contribution in [0.3, 0.4) is 0 Å². The first-order valence-corrected chi connectivity index (χ1v) is 5.97. The zero-order valence-corrected chi connectivity index (χ0v) is 11.4. The Hall–Kier alpha value is -1.76. The smallest absolute Gasteiger partial charge is 0.404 e. The molecule has 0 aliphatic carbocycles. The molecule has 5 N–H and O–H groups in total. The number of carbonyl (C=O) groups excluding carboxylic acids is 2. The molecule has 2 amide bonds. The molecule has 7 heteroatoms. The Kier molecular flexibility index (Phi) is 4.96. The Labute approximate surface area is 113 Å². The lowest BCUT2D eigenvalue weighted by Crippen LogP contribution is -2.29. The predicted molar refractivity (Wildman–Crippen MR) is 71.2 cm³/mol. The van der Waals surface area contributed by atoms with Crippen molar-refractivity contribution in [2.24, 2.45) is 5.73 Å². The second-order valence-corrected chi connectivity index (χ2v) is 4.51. The summed E-state index contributed by atoms with van der Waals surface area (Å²) in [6.45, 7) is 1.98. The van der Waals surface area contributed by atoms with Gasteiger partial charge in [0.25, 0.3) is 5.91 Å². The van der Waals surface area contributed by atoms with Gasteiger partial charge in [-0.05, 0) is 24.6 Å². The summed E-state index contributed by atoms with van der Waals surface area (Å²) in [4.78, 5) is 22.2. The predicted octanol–water partition coefficient (Wildman–Crippen LogP) is 1.16. The minimum Gasteiger partial charge on any atom is -0.448 e. The number of nitrogens with two attached hydrogens (primary N) is 2. The molecule has 0 heterocycles. The SMILES string of the molecule is Cc1c(N)cc(Br)cc1C(=O)NCCOC(N)=O. The van der Waals surface area contributed by atoms with Crippen LogP contribution in [0.2, 0.25) is 0 Å². The Morgan fingerprint density at radius 2 is 2.11 bits per heavy atom. The lowest BCUT2D eigenvalue weighted by molar-refractivity contribution is 0.0936. The van der Waals surface area contributed by atoms with E-state index in [0.717, 1.165) is 4.47 Å². The Morgan fingerprint density at radius 1 is 1.44 bits per heavy atom. The monoisotopic (exact) mass is 315 g/mol. The van der Waals surface area contributed by atoms with Crippen molar-refractivity contribution in [3.05, 3.63) is 27.7 Å². The summed E-state index contributed by atoms with van der Waals surface area (Å²) in [7, 11) is 0. The molecule has 18 heavy (non-hydrogen) atoms. The first kappa shape index (κ1) is 14.3. The highest BCUT2D eigenvalue weighted by Gasteiger charge is 2.11. The fraction of sp³-hybridized carbons (Fsp3) is 0.273. The largest absolute Gasteiger partial charge is 0.448 e. The van der Waals surface area contributed by atoms with Crippen molar-refractivity contribution < 1.29 is 14.3 Å². The highest BCUT2D eigenvalue weighted by molar-refractivity contribution is 9.10. The van der Waals surface area contributed by atoms with Crippen LogP contribution in [0.4, 0.5) is 10.5 Å². The van der Waals surface area contributed by atoms with Crippen LogP contribution in [0.1, 0.15) is 15.9 Å². The van der Waals surface area contributed by atoms with Crippen LogP contribution in [0.5, 0.6) is 0 Å². The maximum absolute atomic E-state index is 11.9. The third kappa shape index (κ3) is 3.92. The fourth-order valence-electron chi connectivity index (χ4n) is 1.35. The van der Waals surface area contributed by atoms with Gasteiger partial charge in [-0.2, -0.15) is 0 Å². The van der Waals surface area contributed by atoms with Gasteiger partial charge in [-0.25, -0.2) is 4.79 Å². The van der Waals surface area contributed by atoms with Gasteiger partial charge in [0.05, 0.1) is 6.54 Å². The molecule has 0 saturated heterocycles. The minimum atomic E-state index is -0.868. The number of anilines is 1. The molecule has 1 aromatic rings. The van der Waals surface area contributed by atoms with Crippen molar-refractivity contribution in [2.75, 3.05) is 18.9 Å². The van der Waals surface area contributed by atoms with Crippen LogP contribution in [-0.2, 0) is 4.74 Å². The summed E-state index contributed by atoms with van der Waals surface area (Å²) in [6, 6.07) is 3.40. The van der Waals surface area contributed by atoms with Crippen molar-refractivity contribution in [3.8, 4) is 0 Å². The van der Waals surface area contributed by atoms with Crippen molar-refractivity contribution in [1.82, 2.24) is 5.32 Å². The molecule has 0 bridgehead atoms. The molecular weight excluding hydrogens is 302 g/mol. The van der Waals surface area contributed by atoms with E-state index in [9.17, 15) is 9.59 Å². The molecule has 1 rings (SSSR count). The van der Waals surface area contributed by atoms with E-state index in [1.165, 1.54) is 0 Å². The summed E-state index contributed by atoms with van der Waals surface area (Å²) < 4.78 is 5.22. The second kappa shape index (κ2) is 6.25. The average molecular weight is 316 g/mol. The molecule has 0 aliphatic rings. The number of halogens is 1. The third-order valence-corrected chi connectivity index (χ3v) is 2.75. The standard InChI is InChI=1S/C11H14BrN3O3/c1-6-8(4-7(12)5-9(6)13)10(16)15-2-3-18-11(14)17/h4-5H,2-3,13H2,1H3,(H2,14,17)(H,15,16). The zero-order valence-electron chi connectivity index (χ0n) is 9.83. The quantitative estimate of drug-likeness (QED) is 0.572. The lowest BCUT2D eigenvalue weighted by atomic mass is 10.1. The van der Waals surface area contributed by atoms with Crippen LogP contribution in [0.25, 0.3) is 0 Å². The molecule has 0 atom stereocenters. The van der Waals surface area contributed by atoms with Gasteiger partial charge in [-0.15, -0.1) is 0 Å². The van der Waals surface area contributed by atoms with E-state index in [1.54, 1.807) is 19.1 Å².